The molecule has 102 valence electrons. The molecular formula is C15H18O4. The first-order valence-corrected chi connectivity index (χ1v) is 6.12. The van der Waals surface area contributed by atoms with Crippen LogP contribution in [0, 0.1) is 0 Å². The average molecular weight is 262 g/mol. The predicted octanol–water partition coefficient (Wildman–Crippen LogP) is 2.82. The lowest BCUT2D eigenvalue weighted by atomic mass is 9.97. The normalized spacial score (nSPS) is 12.4. The maximum absolute atomic E-state index is 11.9. The monoisotopic (exact) mass is 262 g/mol. The fraction of sp³-hybridized carbons (Fsp3) is 0.333. The second kappa shape index (κ2) is 6.73. The van der Waals surface area contributed by atoms with E-state index in [2.05, 4.69) is 4.74 Å². The Labute approximate surface area is 112 Å². The van der Waals surface area contributed by atoms with Gasteiger partial charge in [-0.1, -0.05) is 19.1 Å². The number of hydrogen-bond acceptors (Lipinski definition) is 4. The Morgan fingerprint density at radius 1 is 1.42 bits per heavy atom. The van der Waals surface area contributed by atoms with E-state index in [1.807, 2.05) is 6.92 Å². The Morgan fingerprint density at radius 3 is 2.68 bits per heavy atom. The molecule has 0 aromatic heterocycles. The van der Waals surface area contributed by atoms with Crippen LogP contribution >= 0.6 is 0 Å². The standard InChI is InChI=1S/C15H18O4/c1-4-5-6-13(16)12-9-11(7-8-14(12)17)10(2)15(18)19-3/h5-10,17H,4H2,1-3H3/b6-5+. The molecule has 0 heterocycles. The van der Waals surface area contributed by atoms with Crippen molar-refractivity contribution in [2.45, 2.75) is 26.2 Å². The molecule has 1 rings (SSSR count). The Morgan fingerprint density at radius 2 is 2.11 bits per heavy atom. The number of carbonyl (C=O) groups excluding carboxylic acids is 2. The first-order chi connectivity index (χ1) is 9.01. The highest BCUT2D eigenvalue weighted by Crippen LogP contribution is 2.25. The quantitative estimate of drug-likeness (QED) is 0.503. The summed E-state index contributed by atoms with van der Waals surface area (Å²) >= 11 is 0. The van der Waals surface area contributed by atoms with Crippen molar-refractivity contribution in [3.8, 4) is 5.75 Å². The van der Waals surface area contributed by atoms with Gasteiger partial charge in [-0.05, 0) is 37.1 Å². The van der Waals surface area contributed by atoms with E-state index in [4.69, 9.17) is 0 Å². The smallest absolute Gasteiger partial charge is 0.312 e. The minimum absolute atomic E-state index is 0.0911. The Hall–Kier alpha value is -2.10. The summed E-state index contributed by atoms with van der Waals surface area (Å²) in [6.45, 7) is 3.60. The third kappa shape index (κ3) is 3.68. The van der Waals surface area contributed by atoms with Crippen LogP contribution < -0.4 is 0 Å². The van der Waals surface area contributed by atoms with Crippen molar-refractivity contribution in [2.24, 2.45) is 0 Å². The second-order valence-electron chi connectivity index (χ2n) is 4.20. The lowest BCUT2D eigenvalue weighted by Gasteiger charge is -2.11. The molecule has 0 spiro atoms. The summed E-state index contributed by atoms with van der Waals surface area (Å²) in [4.78, 5) is 23.3. The van der Waals surface area contributed by atoms with Crippen LogP contribution in [0.15, 0.2) is 30.4 Å². The van der Waals surface area contributed by atoms with E-state index < -0.39 is 5.92 Å². The molecule has 0 saturated heterocycles. The summed E-state index contributed by atoms with van der Waals surface area (Å²) in [6.07, 6.45) is 3.88. The Balaban J connectivity index is 3.10. The molecule has 0 radical (unpaired) electrons. The van der Waals surface area contributed by atoms with Gasteiger partial charge < -0.3 is 9.84 Å². The van der Waals surface area contributed by atoms with Crippen molar-refractivity contribution in [2.75, 3.05) is 7.11 Å². The van der Waals surface area contributed by atoms with Gasteiger partial charge in [-0.2, -0.15) is 0 Å². The van der Waals surface area contributed by atoms with Gasteiger partial charge in [0.15, 0.2) is 5.78 Å². The number of esters is 1. The molecule has 0 aliphatic carbocycles. The van der Waals surface area contributed by atoms with Gasteiger partial charge >= 0.3 is 5.97 Å². The van der Waals surface area contributed by atoms with Crippen LogP contribution in [-0.4, -0.2) is 24.0 Å². The summed E-state index contributed by atoms with van der Waals surface area (Å²) in [7, 11) is 1.31. The number of benzene rings is 1. The molecule has 1 aromatic rings. The summed E-state index contributed by atoms with van der Waals surface area (Å²) in [5.74, 6) is -1.23. The first kappa shape index (κ1) is 15.0. The van der Waals surface area contributed by atoms with Crippen molar-refractivity contribution in [3.63, 3.8) is 0 Å². The number of carbonyl (C=O) groups is 2. The number of hydrogen-bond donors (Lipinski definition) is 1. The number of allylic oxidation sites excluding steroid dienone is 2. The average Bonchev–Trinajstić information content (AvgIpc) is 2.43. The molecule has 1 unspecified atom stereocenters. The number of aromatic hydroxyl groups is 1. The van der Waals surface area contributed by atoms with Gasteiger partial charge in [0, 0.05) is 0 Å². The maximum Gasteiger partial charge on any atom is 0.312 e. The van der Waals surface area contributed by atoms with Crippen molar-refractivity contribution in [1.82, 2.24) is 0 Å². The molecule has 0 saturated carbocycles. The highest BCUT2D eigenvalue weighted by molar-refractivity contribution is 6.06. The maximum atomic E-state index is 11.9. The summed E-state index contributed by atoms with van der Waals surface area (Å²) in [5.41, 5.74) is 0.829. The van der Waals surface area contributed by atoms with Crippen LogP contribution in [0.1, 0.15) is 42.1 Å². The second-order valence-corrected chi connectivity index (χ2v) is 4.20. The SMILES string of the molecule is CC/C=C/C(=O)c1cc(C(C)C(=O)OC)ccc1O. The molecule has 4 nitrogen and oxygen atoms in total. The van der Waals surface area contributed by atoms with Gasteiger partial charge in [-0.15, -0.1) is 0 Å². The summed E-state index contributed by atoms with van der Waals surface area (Å²) in [5, 5.41) is 9.71. The number of phenols is 1. The van der Waals surface area contributed by atoms with E-state index in [9.17, 15) is 14.7 Å². The Bertz CT molecular complexity index is 503. The fourth-order valence-corrected chi connectivity index (χ4v) is 1.65. The summed E-state index contributed by atoms with van der Waals surface area (Å²) in [6, 6.07) is 4.55. The molecule has 0 amide bonds. The van der Waals surface area contributed by atoms with Crippen molar-refractivity contribution in [3.05, 3.63) is 41.5 Å². The molecule has 0 aliphatic heterocycles. The molecule has 1 atom stereocenters. The minimum Gasteiger partial charge on any atom is -0.507 e. The minimum atomic E-state index is -0.479. The number of phenolic OH excluding ortho intramolecular Hbond substituents is 1. The molecule has 19 heavy (non-hydrogen) atoms. The van der Waals surface area contributed by atoms with Crippen molar-refractivity contribution < 1.29 is 19.4 Å². The third-order valence-electron chi connectivity index (χ3n) is 2.85. The number of methoxy groups -OCH3 is 1. The van der Waals surface area contributed by atoms with Gasteiger partial charge in [-0.3, -0.25) is 9.59 Å². The van der Waals surface area contributed by atoms with E-state index in [0.717, 1.165) is 6.42 Å². The zero-order valence-corrected chi connectivity index (χ0v) is 11.3. The zero-order chi connectivity index (χ0) is 14.4. The van der Waals surface area contributed by atoms with Crippen LogP contribution in [0.25, 0.3) is 0 Å². The van der Waals surface area contributed by atoms with Gasteiger partial charge in [-0.25, -0.2) is 0 Å². The van der Waals surface area contributed by atoms with Crippen molar-refractivity contribution in [1.29, 1.82) is 0 Å². The van der Waals surface area contributed by atoms with Crippen LogP contribution in [0.3, 0.4) is 0 Å². The van der Waals surface area contributed by atoms with Gasteiger partial charge in [0.05, 0.1) is 18.6 Å². The molecule has 4 heteroatoms. The van der Waals surface area contributed by atoms with Crippen molar-refractivity contribution >= 4 is 11.8 Å². The lowest BCUT2D eigenvalue weighted by Crippen LogP contribution is -2.11. The third-order valence-corrected chi connectivity index (χ3v) is 2.85. The fourth-order valence-electron chi connectivity index (χ4n) is 1.65. The number of rotatable bonds is 5. The predicted molar refractivity (Wildman–Crippen MR) is 72.3 cm³/mol. The van der Waals surface area contributed by atoms with E-state index >= 15 is 0 Å². The van der Waals surface area contributed by atoms with E-state index in [1.165, 1.54) is 25.3 Å². The van der Waals surface area contributed by atoms with Crippen LogP contribution in [0.4, 0.5) is 0 Å². The molecule has 0 bridgehead atoms. The molecule has 0 aliphatic rings. The summed E-state index contributed by atoms with van der Waals surface area (Å²) < 4.78 is 4.66. The zero-order valence-electron chi connectivity index (χ0n) is 11.3. The molecular weight excluding hydrogens is 244 g/mol. The van der Waals surface area contributed by atoms with Crippen LogP contribution in [0.2, 0.25) is 0 Å². The van der Waals surface area contributed by atoms with Crippen LogP contribution in [-0.2, 0) is 9.53 Å². The largest absolute Gasteiger partial charge is 0.507 e. The molecule has 1 aromatic carbocycles. The Kier molecular flexibility index (Phi) is 5.30. The number of ketones is 1. The van der Waals surface area contributed by atoms with Gasteiger partial charge in [0.2, 0.25) is 0 Å². The highest BCUT2D eigenvalue weighted by Gasteiger charge is 2.18. The van der Waals surface area contributed by atoms with E-state index in [0.29, 0.717) is 5.56 Å². The van der Waals surface area contributed by atoms with E-state index in [-0.39, 0.29) is 23.1 Å². The van der Waals surface area contributed by atoms with Crippen LogP contribution in [0.5, 0.6) is 5.75 Å². The first-order valence-electron chi connectivity index (χ1n) is 6.12. The highest BCUT2D eigenvalue weighted by atomic mass is 16.5. The van der Waals surface area contributed by atoms with E-state index in [1.54, 1.807) is 19.1 Å². The number of ether oxygens (including phenoxy) is 1. The molecule has 1 N–H and O–H groups in total. The van der Waals surface area contributed by atoms with Gasteiger partial charge in [0.25, 0.3) is 0 Å². The lowest BCUT2D eigenvalue weighted by molar-refractivity contribution is -0.142. The topological polar surface area (TPSA) is 63.6 Å². The molecule has 0 fully saturated rings. The van der Waals surface area contributed by atoms with Gasteiger partial charge in [0.1, 0.15) is 5.75 Å².